The summed E-state index contributed by atoms with van der Waals surface area (Å²) >= 11 is 3.52. The lowest BCUT2D eigenvalue weighted by atomic mass is 9.86. The van der Waals surface area contributed by atoms with Gasteiger partial charge in [0.15, 0.2) is 0 Å². The molecule has 70 valence electrons. The molecule has 0 spiro atoms. The Labute approximate surface area is 87.5 Å². The zero-order chi connectivity index (χ0) is 9.42. The molecule has 1 aliphatic rings. The van der Waals surface area contributed by atoms with Crippen LogP contribution in [0, 0.1) is 6.92 Å². The van der Waals surface area contributed by atoms with Gasteiger partial charge in [-0.15, -0.1) is 0 Å². The molecule has 0 fully saturated rings. The molecule has 0 saturated carbocycles. The van der Waals surface area contributed by atoms with Crippen LogP contribution < -0.4 is 5.73 Å². The van der Waals surface area contributed by atoms with Crippen LogP contribution in [-0.2, 0) is 12.8 Å². The van der Waals surface area contributed by atoms with Gasteiger partial charge in [0.2, 0.25) is 0 Å². The first-order valence-electron chi connectivity index (χ1n) is 4.70. The van der Waals surface area contributed by atoms with E-state index in [0.29, 0.717) is 6.04 Å². The van der Waals surface area contributed by atoms with Crippen molar-refractivity contribution < 1.29 is 0 Å². The van der Waals surface area contributed by atoms with Crippen molar-refractivity contribution in [2.24, 2.45) is 5.73 Å². The van der Waals surface area contributed by atoms with Crippen LogP contribution in [0.3, 0.4) is 0 Å². The molecule has 0 aromatic heterocycles. The third-order valence-electron chi connectivity index (χ3n) is 2.78. The fourth-order valence-corrected chi connectivity index (χ4v) is 2.72. The smallest absolute Gasteiger partial charge is 0.0180 e. The highest BCUT2D eigenvalue weighted by molar-refractivity contribution is 9.10. The van der Waals surface area contributed by atoms with E-state index in [1.54, 1.807) is 0 Å². The molecule has 1 aliphatic carbocycles. The zero-order valence-corrected chi connectivity index (χ0v) is 9.39. The monoisotopic (exact) mass is 239 g/mol. The van der Waals surface area contributed by atoms with Crippen molar-refractivity contribution in [3.8, 4) is 0 Å². The number of aryl methyl sites for hydroxylation is 1. The molecule has 1 aromatic rings. The quantitative estimate of drug-likeness (QED) is 0.741. The van der Waals surface area contributed by atoms with Crippen LogP contribution >= 0.6 is 15.9 Å². The van der Waals surface area contributed by atoms with Gasteiger partial charge in [-0.3, -0.25) is 0 Å². The number of fused-ring (bicyclic) bond motifs is 1. The van der Waals surface area contributed by atoms with E-state index >= 15 is 0 Å². The van der Waals surface area contributed by atoms with Gasteiger partial charge in [0.05, 0.1) is 0 Å². The maximum atomic E-state index is 5.93. The first kappa shape index (κ1) is 9.22. The average Bonchev–Trinajstić information content (AvgIpc) is 2.02. The third kappa shape index (κ3) is 1.79. The van der Waals surface area contributed by atoms with Crippen molar-refractivity contribution in [3.05, 3.63) is 33.3 Å². The van der Waals surface area contributed by atoms with Crippen molar-refractivity contribution in [1.82, 2.24) is 0 Å². The molecule has 2 rings (SSSR count). The highest BCUT2D eigenvalue weighted by Gasteiger charge is 2.17. The summed E-state index contributed by atoms with van der Waals surface area (Å²) in [6.07, 6.45) is 3.32. The molecule has 0 aliphatic heterocycles. The summed E-state index contributed by atoms with van der Waals surface area (Å²) in [7, 11) is 0. The lowest BCUT2D eigenvalue weighted by molar-refractivity contribution is 0.574. The lowest BCUT2D eigenvalue weighted by Gasteiger charge is -2.23. The van der Waals surface area contributed by atoms with E-state index in [2.05, 4.69) is 35.0 Å². The minimum absolute atomic E-state index is 0.362. The van der Waals surface area contributed by atoms with Crippen LogP contribution in [0.5, 0.6) is 0 Å². The van der Waals surface area contributed by atoms with Gasteiger partial charge < -0.3 is 5.73 Å². The predicted octanol–water partition coefficient (Wildman–Crippen LogP) is 2.57. The summed E-state index contributed by atoms with van der Waals surface area (Å²) in [6, 6.07) is 4.76. The van der Waals surface area contributed by atoms with Gasteiger partial charge in [0, 0.05) is 10.5 Å². The molecule has 2 heteroatoms. The Balaban J connectivity index is 2.47. The fourth-order valence-electron chi connectivity index (χ4n) is 2.10. The molecule has 2 N–H and O–H groups in total. The molecule has 1 aromatic carbocycles. The van der Waals surface area contributed by atoms with Crippen LogP contribution in [0.15, 0.2) is 16.6 Å². The minimum atomic E-state index is 0.362. The third-order valence-corrected chi connectivity index (χ3v) is 3.24. The second-order valence-electron chi connectivity index (χ2n) is 3.86. The fraction of sp³-hybridized carbons (Fsp3) is 0.455. The molecular formula is C11H14BrN. The average molecular weight is 240 g/mol. The zero-order valence-electron chi connectivity index (χ0n) is 7.81. The minimum Gasteiger partial charge on any atom is -0.327 e. The molecule has 0 amide bonds. The summed E-state index contributed by atoms with van der Waals surface area (Å²) in [5, 5.41) is 0. The van der Waals surface area contributed by atoms with Gasteiger partial charge in [-0.2, -0.15) is 0 Å². The van der Waals surface area contributed by atoms with E-state index in [4.69, 9.17) is 5.73 Å². The van der Waals surface area contributed by atoms with Gasteiger partial charge >= 0.3 is 0 Å². The number of benzene rings is 1. The highest BCUT2D eigenvalue weighted by atomic mass is 79.9. The Morgan fingerprint density at radius 2 is 2.23 bits per heavy atom. The number of hydrogen-bond acceptors (Lipinski definition) is 1. The van der Waals surface area contributed by atoms with Crippen LogP contribution in [0.4, 0.5) is 0 Å². The maximum Gasteiger partial charge on any atom is 0.0180 e. The summed E-state index contributed by atoms with van der Waals surface area (Å²) < 4.78 is 1.18. The molecule has 1 atom stereocenters. The Bertz CT molecular complexity index is 333. The predicted molar refractivity (Wildman–Crippen MR) is 58.9 cm³/mol. The van der Waals surface area contributed by atoms with E-state index in [-0.39, 0.29) is 0 Å². The van der Waals surface area contributed by atoms with E-state index in [1.807, 2.05) is 0 Å². The topological polar surface area (TPSA) is 26.0 Å². The van der Waals surface area contributed by atoms with Crippen molar-refractivity contribution in [3.63, 3.8) is 0 Å². The Kier molecular flexibility index (Phi) is 2.43. The van der Waals surface area contributed by atoms with E-state index < -0.39 is 0 Å². The molecule has 1 unspecified atom stereocenters. The van der Waals surface area contributed by atoms with Gasteiger partial charge in [-0.05, 0) is 55.0 Å². The van der Waals surface area contributed by atoms with Crippen molar-refractivity contribution in [1.29, 1.82) is 0 Å². The van der Waals surface area contributed by atoms with Gasteiger partial charge in [0.1, 0.15) is 0 Å². The summed E-state index contributed by atoms with van der Waals surface area (Å²) in [5.41, 5.74) is 10.3. The molecule has 0 saturated heterocycles. The Morgan fingerprint density at radius 1 is 1.46 bits per heavy atom. The summed E-state index contributed by atoms with van der Waals surface area (Å²) in [5.74, 6) is 0. The maximum absolute atomic E-state index is 5.93. The second kappa shape index (κ2) is 3.43. The first-order chi connectivity index (χ1) is 6.16. The number of nitrogens with two attached hydrogens (primary N) is 1. The van der Waals surface area contributed by atoms with Gasteiger partial charge in [0.25, 0.3) is 0 Å². The first-order valence-corrected chi connectivity index (χ1v) is 5.49. The molecule has 0 radical (unpaired) electrons. The summed E-state index contributed by atoms with van der Waals surface area (Å²) in [6.45, 7) is 2.18. The summed E-state index contributed by atoms with van der Waals surface area (Å²) in [4.78, 5) is 0. The number of hydrogen-bond donors (Lipinski definition) is 1. The van der Waals surface area contributed by atoms with Crippen molar-refractivity contribution in [2.45, 2.75) is 32.2 Å². The molecule has 13 heavy (non-hydrogen) atoms. The molecule has 1 nitrogen and oxygen atoms in total. The van der Waals surface area contributed by atoms with Crippen LogP contribution in [0.1, 0.15) is 23.1 Å². The second-order valence-corrected chi connectivity index (χ2v) is 4.78. The SMILES string of the molecule is Cc1cc(Br)cc2c1CCC(N)C2. The standard InChI is InChI=1S/C11H14BrN/c1-7-4-9(12)5-8-6-10(13)2-3-11(7)8/h4-5,10H,2-3,6,13H2,1H3. The number of halogens is 1. The van der Waals surface area contributed by atoms with Crippen LogP contribution in [0.25, 0.3) is 0 Å². The molecule has 0 heterocycles. The Hall–Kier alpha value is -0.340. The normalized spacial score (nSPS) is 21.3. The van der Waals surface area contributed by atoms with Gasteiger partial charge in [-0.25, -0.2) is 0 Å². The van der Waals surface area contributed by atoms with E-state index in [1.165, 1.54) is 21.2 Å². The Morgan fingerprint density at radius 3 is 3.00 bits per heavy atom. The van der Waals surface area contributed by atoms with E-state index in [0.717, 1.165) is 19.3 Å². The molecule has 0 bridgehead atoms. The largest absolute Gasteiger partial charge is 0.327 e. The van der Waals surface area contributed by atoms with Crippen molar-refractivity contribution >= 4 is 15.9 Å². The highest BCUT2D eigenvalue weighted by Crippen LogP contribution is 2.27. The van der Waals surface area contributed by atoms with E-state index in [9.17, 15) is 0 Å². The van der Waals surface area contributed by atoms with Gasteiger partial charge in [-0.1, -0.05) is 15.9 Å². The lowest BCUT2D eigenvalue weighted by Crippen LogP contribution is -2.28. The molecular weight excluding hydrogens is 226 g/mol. The van der Waals surface area contributed by atoms with Crippen LogP contribution in [0.2, 0.25) is 0 Å². The van der Waals surface area contributed by atoms with Crippen LogP contribution in [-0.4, -0.2) is 6.04 Å². The number of rotatable bonds is 0. The van der Waals surface area contributed by atoms with Crippen molar-refractivity contribution in [2.75, 3.05) is 0 Å².